The molecule has 0 saturated heterocycles. The molecule has 2 nitrogen and oxygen atoms in total. The van der Waals surface area contributed by atoms with Crippen LogP contribution in [0, 0.1) is 17.3 Å². The summed E-state index contributed by atoms with van der Waals surface area (Å²) in [7, 11) is 2.24. The van der Waals surface area contributed by atoms with Gasteiger partial charge in [-0.2, -0.15) is 0 Å². The van der Waals surface area contributed by atoms with Crippen LogP contribution in [0.5, 0.6) is 0 Å². The number of rotatable bonds is 3. The van der Waals surface area contributed by atoms with E-state index in [1.807, 2.05) is 0 Å². The Kier molecular flexibility index (Phi) is 5.26. The maximum atomic E-state index is 8.71. The summed E-state index contributed by atoms with van der Waals surface area (Å²) in [5, 5.41) is 10.8. The second kappa shape index (κ2) is 6.76. The van der Waals surface area contributed by atoms with Crippen molar-refractivity contribution < 1.29 is 5.11 Å². The van der Waals surface area contributed by atoms with E-state index in [-0.39, 0.29) is 6.61 Å². The van der Waals surface area contributed by atoms with Gasteiger partial charge in [0.05, 0.1) is 0 Å². The Morgan fingerprint density at radius 2 is 2.10 bits per heavy atom. The van der Waals surface area contributed by atoms with E-state index in [0.29, 0.717) is 5.41 Å². The Balaban J connectivity index is 1.88. The van der Waals surface area contributed by atoms with Crippen molar-refractivity contribution in [1.82, 2.24) is 4.90 Å². The number of thiophene rings is 1. The molecule has 1 saturated carbocycles. The fourth-order valence-corrected chi connectivity index (χ4v) is 3.75. The highest BCUT2D eigenvalue weighted by molar-refractivity contribution is 7.10. The van der Waals surface area contributed by atoms with Crippen LogP contribution in [0.1, 0.15) is 50.0 Å². The number of hydrogen-bond donors (Lipinski definition) is 1. The van der Waals surface area contributed by atoms with Crippen LogP contribution in [0.3, 0.4) is 0 Å². The first kappa shape index (κ1) is 15.6. The van der Waals surface area contributed by atoms with Crippen molar-refractivity contribution in [2.45, 2.75) is 52.1 Å². The molecular formula is C17H25NOS. The second-order valence-corrected chi connectivity index (χ2v) is 7.57. The van der Waals surface area contributed by atoms with Gasteiger partial charge in [-0.3, -0.25) is 4.90 Å². The standard InChI is InChI=1S/C17H25NOS/c1-17(2)8-6-15(7-9-17)18(3)12-16-11-14(13-20-16)5-4-10-19/h11,13,15,19H,6-10,12H2,1-3H3. The van der Waals surface area contributed by atoms with Crippen molar-refractivity contribution in [3.05, 3.63) is 21.9 Å². The minimum Gasteiger partial charge on any atom is -0.384 e. The smallest absolute Gasteiger partial charge is 0.104 e. The van der Waals surface area contributed by atoms with Crippen molar-refractivity contribution >= 4 is 11.3 Å². The molecule has 0 aliphatic heterocycles. The maximum absolute atomic E-state index is 8.71. The topological polar surface area (TPSA) is 23.5 Å². The van der Waals surface area contributed by atoms with Crippen LogP contribution >= 0.6 is 11.3 Å². The number of hydrogen-bond acceptors (Lipinski definition) is 3. The lowest BCUT2D eigenvalue weighted by Crippen LogP contribution is -2.36. The van der Waals surface area contributed by atoms with Gasteiger partial charge in [0, 0.05) is 28.4 Å². The van der Waals surface area contributed by atoms with Crippen molar-refractivity contribution in [3.63, 3.8) is 0 Å². The van der Waals surface area contributed by atoms with Gasteiger partial charge in [0.2, 0.25) is 0 Å². The number of aliphatic hydroxyl groups excluding tert-OH is 1. The van der Waals surface area contributed by atoms with Crippen molar-refractivity contribution in [1.29, 1.82) is 0 Å². The third-order valence-electron chi connectivity index (χ3n) is 4.30. The van der Waals surface area contributed by atoms with Crippen LogP contribution in [-0.2, 0) is 6.54 Å². The van der Waals surface area contributed by atoms with Crippen LogP contribution < -0.4 is 0 Å². The zero-order valence-electron chi connectivity index (χ0n) is 12.8. The zero-order chi connectivity index (χ0) is 14.6. The fraction of sp³-hybridized carbons (Fsp3) is 0.647. The molecule has 3 heteroatoms. The van der Waals surface area contributed by atoms with Gasteiger partial charge in [-0.25, -0.2) is 0 Å². The Labute approximate surface area is 126 Å². The summed E-state index contributed by atoms with van der Waals surface area (Å²) >= 11 is 1.77. The molecule has 1 aromatic heterocycles. The SMILES string of the molecule is CN(Cc1cc(C#CCO)cs1)C1CCC(C)(C)CC1. The first-order chi connectivity index (χ1) is 9.50. The summed E-state index contributed by atoms with van der Waals surface area (Å²) in [6, 6.07) is 2.87. The maximum Gasteiger partial charge on any atom is 0.104 e. The molecule has 1 aromatic rings. The van der Waals surface area contributed by atoms with Crippen molar-refractivity contribution in [2.75, 3.05) is 13.7 Å². The fourth-order valence-electron chi connectivity index (χ4n) is 2.87. The molecule has 110 valence electrons. The Morgan fingerprint density at radius 1 is 1.40 bits per heavy atom. The third kappa shape index (κ3) is 4.34. The van der Waals surface area contributed by atoms with Gasteiger partial charge < -0.3 is 5.11 Å². The van der Waals surface area contributed by atoms with Gasteiger partial charge in [-0.15, -0.1) is 11.3 Å². The number of aliphatic hydroxyl groups is 1. The Hall–Kier alpha value is -0.820. The van der Waals surface area contributed by atoms with E-state index in [0.717, 1.165) is 18.2 Å². The molecular weight excluding hydrogens is 266 g/mol. The second-order valence-electron chi connectivity index (χ2n) is 6.57. The molecule has 1 aliphatic carbocycles. The molecule has 1 N–H and O–H groups in total. The van der Waals surface area contributed by atoms with Gasteiger partial charge >= 0.3 is 0 Å². The van der Waals surface area contributed by atoms with Gasteiger partial charge in [0.15, 0.2) is 0 Å². The lowest BCUT2D eigenvalue weighted by molar-refractivity contribution is 0.124. The van der Waals surface area contributed by atoms with E-state index in [9.17, 15) is 0 Å². The molecule has 0 amide bonds. The van der Waals surface area contributed by atoms with E-state index in [4.69, 9.17) is 5.11 Å². The summed E-state index contributed by atoms with van der Waals surface area (Å²) < 4.78 is 0. The van der Waals surface area contributed by atoms with E-state index in [1.165, 1.54) is 30.6 Å². The van der Waals surface area contributed by atoms with Crippen molar-refractivity contribution in [3.8, 4) is 11.8 Å². The molecule has 0 bridgehead atoms. The predicted octanol–water partition coefficient (Wildman–Crippen LogP) is 3.49. The highest BCUT2D eigenvalue weighted by atomic mass is 32.1. The Morgan fingerprint density at radius 3 is 2.75 bits per heavy atom. The molecule has 1 heterocycles. The minimum atomic E-state index is -0.0665. The van der Waals surface area contributed by atoms with Crippen LogP contribution in [0.15, 0.2) is 11.4 Å². The molecule has 2 rings (SSSR count). The quantitative estimate of drug-likeness (QED) is 0.862. The predicted molar refractivity (Wildman–Crippen MR) is 85.8 cm³/mol. The molecule has 0 aromatic carbocycles. The highest BCUT2D eigenvalue weighted by Gasteiger charge is 2.28. The molecule has 0 spiro atoms. The molecule has 1 fully saturated rings. The summed E-state index contributed by atoms with van der Waals surface area (Å²) in [6.45, 7) is 5.71. The van der Waals surface area contributed by atoms with Crippen molar-refractivity contribution in [2.24, 2.45) is 5.41 Å². The normalized spacial score (nSPS) is 18.9. The monoisotopic (exact) mass is 291 g/mol. The summed E-state index contributed by atoms with van der Waals surface area (Å²) in [5.74, 6) is 5.67. The van der Waals surface area contributed by atoms with Crippen LogP contribution in [-0.4, -0.2) is 29.7 Å². The van der Waals surface area contributed by atoms with Gasteiger partial charge in [-0.1, -0.05) is 25.7 Å². The van der Waals surface area contributed by atoms with Crippen LogP contribution in [0.2, 0.25) is 0 Å². The van der Waals surface area contributed by atoms with E-state index >= 15 is 0 Å². The molecule has 0 atom stereocenters. The summed E-state index contributed by atoms with van der Waals surface area (Å²) in [6.07, 6.45) is 5.29. The van der Waals surface area contributed by atoms with Gasteiger partial charge in [0.25, 0.3) is 0 Å². The van der Waals surface area contributed by atoms with Gasteiger partial charge in [-0.05, 0) is 44.2 Å². The van der Waals surface area contributed by atoms with E-state index in [1.54, 1.807) is 11.3 Å². The number of nitrogens with zero attached hydrogens (tertiary/aromatic N) is 1. The first-order valence-corrected chi connectivity index (χ1v) is 8.25. The van der Waals surface area contributed by atoms with E-state index < -0.39 is 0 Å². The third-order valence-corrected chi connectivity index (χ3v) is 5.22. The van der Waals surface area contributed by atoms with Crippen LogP contribution in [0.25, 0.3) is 0 Å². The van der Waals surface area contributed by atoms with E-state index in [2.05, 4.69) is 49.1 Å². The lowest BCUT2D eigenvalue weighted by Gasteiger charge is -2.38. The molecule has 0 radical (unpaired) electrons. The molecule has 0 unspecified atom stereocenters. The zero-order valence-corrected chi connectivity index (χ0v) is 13.6. The first-order valence-electron chi connectivity index (χ1n) is 7.37. The Bertz CT molecular complexity index is 485. The van der Waals surface area contributed by atoms with Crippen LogP contribution in [0.4, 0.5) is 0 Å². The minimum absolute atomic E-state index is 0.0665. The molecule has 1 aliphatic rings. The largest absolute Gasteiger partial charge is 0.384 e. The average Bonchev–Trinajstić information content (AvgIpc) is 2.83. The summed E-state index contributed by atoms with van der Waals surface area (Å²) in [5.41, 5.74) is 1.56. The summed E-state index contributed by atoms with van der Waals surface area (Å²) in [4.78, 5) is 3.85. The average molecular weight is 291 g/mol. The van der Waals surface area contributed by atoms with Gasteiger partial charge in [0.1, 0.15) is 6.61 Å². The highest BCUT2D eigenvalue weighted by Crippen LogP contribution is 2.37. The molecule has 20 heavy (non-hydrogen) atoms. The lowest BCUT2D eigenvalue weighted by atomic mass is 9.75.